The smallest absolute Gasteiger partial charge is 0.416 e. The molecule has 0 amide bonds. The molecule has 12 heteroatoms. The zero-order valence-electron chi connectivity index (χ0n) is 31.2. The Morgan fingerprint density at radius 3 is 1.81 bits per heavy atom. The van der Waals surface area contributed by atoms with Gasteiger partial charge >= 0.3 is 11.3 Å². The zero-order valence-corrected chi connectivity index (χ0v) is 31.2. The molecule has 3 aromatic carbocycles. The summed E-state index contributed by atoms with van der Waals surface area (Å²) in [5.41, 5.74) is 3.10. The van der Waals surface area contributed by atoms with Crippen molar-refractivity contribution in [1.82, 2.24) is 40.0 Å². The van der Waals surface area contributed by atoms with Crippen LogP contribution in [0.25, 0.3) is 50.5 Å². The molecule has 0 unspecified atom stereocenters. The van der Waals surface area contributed by atoms with Crippen LogP contribution in [-0.4, -0.2) is 83.8 Å². The molecule has 6 aromatic rings. The first kappa shape index (κ1) is 37.7. The molecule has 278 valence electrons. The minimum absolute atomic E-state index is 0.0663. The average molecular weight is 719 g/mol. The van der Waals surface area contributed by atoms with Gasteiger partial charge < -0.3 is 29.3 Å². The van der Waals surface area contributed by atoms with Crippen molar-refractivity contribution >= 4 is 27.8 Å². The van der Waals surface area contributed by atoms with Crippen LogP contribution >= 0.6 is 0 Å². The number of fused-ring (bicyclic) bond motifs is 7. The Bertz CT molecular complexity index is 2260. The van der Waals surface area contributed by atoms with E-state index in [-0.39, 0.29) is 11.3 Å². The van der Waals surface area contributed by atoms with Crippen molar-refractivity contribution in [3.8, 4) is 22.6 Å². The first-order chi connectivity index (χ1) is 25.8. The molecule has 0 radical (unpaired) electrons. The highest BCUT2D eigenvalue weighted by atomic mass is 16.4. The molecule has 6 rings (SSSR count). The number of unbranched alkanes of at least 4 members (excludes halogenated alkanes) is 4. The Labute approximate surface area is 309 Å². The third kappa shape index (κ3) is 9.91. The highest BCUT2D eigenvalue weighted by Crippen LogP contribution is 2.32. The summed E-state index contributed by atoms with van der Waals surface area (Å²) in [6.45, 7) is 5.66. The van der Waals surface area contributed by atoms with Gasteiger partial charge in [0.15, 0.2) is 17.1 Å². The lowest BCUT2D eigenvalue weighted by molar-refractivity contribution is 0.390. The van der Waals surface area contributed by atoms with Gasteiger partial charge in [-0.05, 0) is 103 Å². The monoisotopic (exact) mass is 718 g/mol. The van der Waals surface area contributed by atoms with E-state index in [9.17, 15) is 9.59 Å². The van der Waals surface area contributed by atoms with E-state index in [1.807, 2.05) is 24.3 Å². The molecule has 53 heavy (non-hydrogen) atoms. The van der Waals surface area contributed by atoms with E-state index >= 15 is 0 Å². The molecular weight excluding hydrogens is 669 g/mol. The summed E-state index contributed by atoms with van der Waals surface area (Å²) in [6, 6.07) is 23.2. The summed E-state index contributed by atoms with van der Waals surface area (Å²) in [5, 5.41) is 12.2. The third-order valence-corrected chi connectivity index (χ3v) is 9.16. The van der Waals surface area contributed by atoms with Gasteiger partial charge in [0.25, 0.3) is 5.71 Å². The normalized spacial score (nSPS) is 11.8. The fourth-order valence-electron chi connectivity index (χ4n) is 6.28. The molecule has 12 nitrogen and oxygen atoms in total. The van der Waals surface area contributed by atoms with Crippen LogP contribution < -0.4 is 21.9 Å². The maximum absolute atomic E-state index is 12.9. The number of nitrogens with zero attached hydrogens (tertiary/aromatic N) is 6. The minimum atomic E-state index is -1.18. The van der Waals surface area contributed by atoms with E-state index in [0.717, 1.165) is 68.8 Å². The molecule has 0 atom stereocenters. The summed E-state index contributed by atoms with van der Waals surface area (Å²) in [5.74, 6) is 0.485. The summed E-state index contributed by atoms with van der Waals surface area (Å²) in [7, 11) is 8.43. The van der Waals surface area contributed by atoms with E-state index in [1.165, 1.54) is 31.2 Å². The predicted molar refractivity (Wildman–Crippen MR) is 211 cm³/mol. The third-order valence-electron chi connectivity index (χ3n) is 9.16. The number of hydrogen-bond donors (Lipinski definition) is 2. The van der Waals surface area contributed by atoms with E-state index in [0.29, 0.717) is 28.1 Å². The highest BCUT2D eigenvalue weighted by molar-refractivity contribution is 6.01. The molecule has 3 heterocycles. The predicted octanol–water partition coefficient (Wildman–Crippen LogP) is 5.88. The number of rotatable bonds is 18. The van der Waals surface area contributed by atoms with Crippen molar-refractivity contribution in [1.29, 1.82) is 0 Å². The Kier molecular flexibility index (Phi) is 12.9. The van der Waals surface area contributed by atoms with Crippen LogP contribution in [0.15, 0.2) is 91.2 Å². The second-order valence-corrected chi connectivity index (χ2v) is 14.0. The Balaban J connectivity index is 1.32. The van der Waals surface area contributed by atoms with Crippen molar-refractivity contribution in [2.75, 3.05) is 54.4 Å². The molecule has 0 fully saturated rings. The van der Waals surface area contributed by atoms with E-state index in [2.05, 4.69) is 78.0 Å². The first-order valence-corrected chi connectivity index (χ1v) is 18.5. The lowest BCUT2D eigenvalue weighted by Gasteiger charge is -2.10. The maximum Gasteiger partial charge on any atom is 0.424 e. The van der Waals surface area contributed by atoms with Crippen molar-refractivity contribution in [3.05, 3.63) is 105 Å². The Hall–Kier alpha value is -5.01. The van der Waals surface area contributed by atoms with Crippen molar-refractivity contribution in [3.63, 3.8) is 0 Å². The van der Waals surface area contributed by atoms with Gasteiger partial charge in [0.1, 0.15) is 10.9 Å². The van der Waals surface area contributed by atoms with Crippen LogP contribution in [0.1, 0.15) is 49.7 Å². The fourth-order valence-corrected chi connectivity index (χ4v) is 6.28. The van der Waals surface area contributed by atoms with E-state index in [4.69, 9.17) is 18.8 Å². The summed E-state index contributed by atoms with van der Waals surface area (Å²) < 4.78 is 12.5. The van der Waals surface area contributed by atoms with Crippen molar-refractivity contribution < 1.29 is 8.83 Å². The molecule has 0 saturated heterocycles. The topological polar surface area (TPSA) is 134 Å². The largest absolute Gasteiger partial charge is 0.424 e. The molecular formula is C41H50N8O4. The lowest BCUT2D eigenvalue weighted by atomic mass is 10.1. The van der Waals surface area contributed by atoms with Crippen LogP contribution in [0.3, 0.4) is 0 Å². The second kappa shape index (κ2) is 18.2. The van der Waals surface area contributed by atoms with Gasteiger partial charge in [-0.2, -0.15) is 0 Å². The van der Waals surface area contributed by atoms with Crippen LogP contribution in [0.4, 0.5) is 0 Å². The number of para-hydroxylation sites is 2. The summed E-state index contributed by atoms with van der Waals surface area (Å²) in [4.78, 5) is 40.0. The molecule has 0 saturated carbocycles. The quantitative estimate of drug-likeness (QED) is 0.0816. The van der Waals surface area contributed by atoms with Gasteiger partial charge in [-0.1, -0.05) is 73.5 Å². The van der Waals surface area contributed by atoms with Crippen molar-refractivity contribution in [2.24, 2.45) is 0 Å². The molecule has 0 spiro atoms. The van der Waals surface area contributed by atoms with Crippen LogP contribution in [0.5, 0.6) is 0 Å². The molecule has 2 bridgehead atoms. The molecule has 2 N–H and O–H groups in total. The highest BCUT2D eigenvalue weighted by Gasteiger charge is 2.21. The SMILES string of the molecule is CN(C)CCCCCNCc1ccc(-c2nc(-c3ccc(CNCCCCCN(C)C)cc3)c3c4nn(c5ccccc5oc(=O)c(=O)o4)c3n2)cc1. The second-order valence-electron chi connectivity index (χ2n) is 14.0. The zero-order chi connectivity index (χ0) is 37.2. The Morgan fingerprint density at radius 2 is 1.21 bits per heavy atom. The number of benzene rings is 3. The van der Waals surface area contributed by atoms with Gasteiger partial charge in [0, 0.05) is 24.2 Å². The molecule has 0 aliphatic carbocycles. The summed E-state index contributed by atoms with van der Waals surface area (Å²) >= 11 is 0. The fraction of sp³-hybridized carbons (Fsp3) is 0.390. The van der Waals surface area contributed by atoms with Crippen LogP contribution in [-0.2, 0) is 13.1 Å². The van der Waals surface area contributed by atoms with Crippen molar-refractivity contribution in [2.45, 2.75) is 51.6 Å². The van der Waals surface area contributed by atoms with Crippen LogP contribution in [0.2, 0.25) is 0 Å². The van der Waals surface area contributed by atoms with Crippen LogP contribution in [0, 0.1) is 0 Å². The average Bonchev–Trinajstić information content (AvgIpc) is 3.53. The van der Waals surface area contributed by atoms with Gasteiger partial charge in [-0.3, -0.25) is 0 Å². The number of hydrogen-bond acceptors (Lipinski definition) is 11. The molecule has 3 aromatic heterocycles. The lowest BCUT2D eigenvalue weighted by Crippen LogP contribution is -2.19. The standard InChI is InChI=1S/C41H50N8O4/c1-47(2)25-11-5-9-23-42-27-29-15-19-31(20-16-29)36-35-38(49-33-13-7-8-14-34(33)52-40(50)41(51)53-39(35)46-49)45-37(44-36)32-21-17-30(18-22-32)28-43-24-10-6-12-26-48(3)4/h7-8,13-22,42-43H,5-6,9-12,23-28H2,1-4H3. The molecule has 0 aliphatic heterocycles. The number of aromatic nitrogens is 4. The van der Waals surface area contributed by atoms with Gasteiger partial charge in [-0.25, -0.2) is 24.1 Å². The van der Waals surface area contributed by atoms with E-state index < -0.39 is 11.3 Å². The maximum atomic E-state index is 12.9. The minimum Gasteiger partial charge on any atom is -0.416 e. The van der Waals surface area contributed by atoms with Gasteiger partial charge in [-0.15, -0.1) is 5.10 Å². The Morgan fingerprint density at radius 1 is 0.642 bits per heavy atom. The summed E-state index contributed by atoms with van der Waals surface area (Å²) in [6.07, 6.45) is 7.06. The van der Waals surface area contributed by atoms with Gasteiger partial charge in [0.2, 0.25) is 0 Å². The van der Waals surface area contributed by atoms with E-state index in [1.54, 1.807) is 28.8 Å². The van der Waals surface area contributed by atoms with Gasteiger partial charge in [0.05, 0.1) is 5.69 Å². The number of nitrogens with one attached hydrogen (secondary N) is 2. The first-order valence-electron chi connectivity index (χ1n) is 18.5. The molecule has 0 aliphatic rings.